The van der Waals surface area contributed by atoms with Gasteiger partial charge in [0.15, 0.2) is 17.2 Å². The van der Waals surface area contributed by atoms with Gasteiger partial charge in [0, 0.05) is 32.8 Å². The van der Waals surface area contributed by atoms with Crippen molar-refractivity contribution in [3.8, 4) is 17.9 Å². The Morgan fingerprint density at radius 1 is 1.32 bits per heavy atom. The summed E-state index contributed by atoms with van der Waals surface area (Å²) in [6.45, 7) is 3.24. The van der Waals surface area contributed by atoms with E-state index in [9.17, 15) is 0 Å². The van der Waals surface area contributed by atoms with E-state index in [0.29, 0.717) is 37.1 Å². The molecule has 28 heavy (non-hydrogen) atoms. The maximum absolute atomic E-state index is 8.80. The highest BCUT2D eigenvalue weighted by molar-refractivity contribution is 5.62. The van der Waals surface area contributed by atoms with E-state index in [0.717, 1.165) is 18.8 Å². The van der Waals surface area contributed by atoms with Crippen molar-refractivity contribution in [1.82, 2.24) is 25.5 Å². The van der Waals surface area contributed by atoms with Crippen molar-refractivity contribution in [2.24, 2.45) is 0 Å². The lowest BCUT2D eigenvalue weighted by atomic mass is 10.2. The fourth-order valence-electron chi connectivity index (χ4n) is 2.43. The first-order valence-corrected chi connectivity index (χ1v) is 8.69. The van der Waals surface area contributed by atoms with Gasteiger partial charge in [-0.25, -0.2) is 9.97 Å². The number of nitrogens with zero attached hydrogens (tertiary/aromatic N) is 5. The van der Waals surface area contributed by atoms with Crippen molar-refractivity contribution in [1.29, 1.82) is 5.26 Å². The Morgan fingerprint density at radius 3 is 2.96 bits per heavy atom. The van der Waals surface area contributed by atoms with Crippen LogP contribution in [0.4, 0.5) is 17.3 Å². The molecule has 1 aliphatic heterocycles. The molecule has 0 spiro atoms. The second-order valence-corrected chi connectivity index (χ2v) is 5.83. The van der Waals surface area contributed by atoms with Crippen molar-refractivity contribution in [3.05, 3.63) is 29.8 Å². The number of methoxy groups -OCH3 is 1. The van der Waals surface area contributed by atoms with Gasteiger partial charge < -0.3 is 25.4 Å². The summed E-state index contributed by atoms with van der Waals surface area (Å²) in [5.74, 6) is 6.76. The first-order chi connectivity index (χ1) is 13.8. The maximum atomic E-state index is 8.80. The van der Waals surface area contributed by atoms with Gasteiger partial charge in [-0.15, -0.1) is 10.2 Å². The molecule has 0 amide bonds. The highest BCUT2D eigenvalue weighted by Crippen LogP contribution is 2.18. The second kappa shape index (κ2) is 10.1. The largest absolute Gasteiger partial charge is 0.380 e. The van der Waals surface area contributed by atoms with Crippen LogP contribution >= 0.6 is 0 Å². The van der Waals surface area contributed by atoms with Crippen LogP contribution in [0, 0.1) is 23.2 Å². The number of morpholine rings is 1. The van der Waals surface area contributed by atoms with Gasteiger partial charge >= 0.3 is 0 Å². The predicted octanol–water partition coefficient (Wildman–Crippen LogP) is 0.280. The lowest BCUT2D eigenvalue weighted by Gasteiger charge is -2.24. The quantitative estimate of drug-likeness (QED) is 0.601. The molecule has 1 saturated heterocycles. The van der Waals surface area contributed by atoms with Gasteiger partial charge in [0.1, 0.15) is 18.5 Å². The standard InChI is InChI=1S/C18H20N8O2/c1-27-5-2-3-15-16(22-11-14-10-20-4-6-28-14)7-17(26-25-15)24-18-12-21-13(8-19)9-23-18/h7,9,12,14,20H,4-6,10-11H2,1H3,(H2,22,23,24,26)/t14-/m0/s1. The van der Waals surface area contributed by atoms with Crippen LogP contribution in [-0.4, -0.2) is 66.2 Å². The van der Waals surface area contributed by atoms with E-state index in [-0.39, 0.29) is 11.8 Å². The molecule has 1 aliphatic rings. The average molecular weight is 380 g/mol. The zero-order valence-electron chi connectivity index (χ0n) is 15.4. The summed E-state index contributed by atoms with van der Waals surface area (Å²) in [5, 5.41) is 26.7. The first-order valence-electron chi connectivity index (χ1n) is 8.69. The summed E-state index contributed by atoms with van der Waals surface area (Å²) in [7, 11) is 1.58. The number of hydrogen-bond donors (Lipinski definition) is 3. The molecule has 2 aromatic heterocycles. The normalized spacial score (nSPS) is 15.8. The number of hydrogen-bond acceptors (Lipinski definition) is 10. The van der Waals surface area contributed by atoms with Crippen LogP contribution < -0.4 is 16.0 Å². The molecule has 3 rings (SSSR count). The number of ether oxygens (including phenoxy) is 2. The van der Waals surface area contributed by atoms with Gasteiger partial charge in [0.25, 0.3) is 0 Å². The van der Waals surface area contributed by atoms with Gasteiger partial charge in [0.05, 0.1) is 30.8 Å². The summed E-state index contributed by atoms with van der Waals surface area (Å²) in [5.41, 5.74) is 1.47. The number of nitriles is 1. The molecular weight excluding hydrogens is 360 g/mol. The molecule has 0 bridgehead atoms. The summed E-state index contributed by atoms with van der Waals surface area (Å²) in [6.07, 6.45) is 2.90. The minimum absolute atomic E-state index is 0.0579. The number of nitrogens with one attached hydrogen (secondary N) is 3. The number of aromatic nitrogens is 4. The van der Waals surface area contributed by atoms with E-state index in [1.54, 1.807) is 13.2 Å². The van der Waals surface area contributed by atoms with Crippen molar-refractivity contribution < 1.29 is 9.47 Å². The minimum atomic E-state index is 0.0579. The topological polar surface area (TPSA) is 130 Å². The number of rotatable bonds is 6. The van der Waals surface area contributed by atoms with E-state index >= 15 is 0 Å². The summed E-state index contributed by atoms with van der Waals surface area (Å²) in [6, 6.07) is 3.72. The van der Waals surface area contributed by atoms with E-state index in [4.69, 9.17) is 14.7 Å². The lowest BCUT2D eigenvalue weighted by Crippen LogP contribution is -2.42. The molecule has 10 heteroatoms. The van der Waals surface area contributed by atoms with Crippen LogP contribution in [0.25, 0.3) is 0 Å². The van der Waals surface area contributed by atoms with Crippen LogP contribution in [0.2, 0.25) is 0 Å². The molecule has 0 aromatic carbocycles. The smallest absolute Gasteiger partial charge is 0.159 e. The summed E-state index contributed by atoms with van der Waals surface area (Å²) in [4.78, 5) is 8.09. The van der Waals surface area contributed by atoms with Crippen LogP contribution in [0.15, 0.2) is 18.5 Å². The zero-order valence-corrected chi connectivity index (χ0v) is 15.4. The predicted molar refractivity (Wildman–Crippen MR) is 102 cm³/mol. The lowest BCUT2D eigenvalue weighted by molar-refractivity contribution is 0.0372. The second-order valence-electron chi connectivity index (χ2n) is 5.83. The molecule has 144 valence electrons. The highest BCUT2D eigenvalue weighted by atomic mass is 16.5. The fourth-order valence-corrected chi connectivity index (χ4v) is 2.43. The van der Waals surface area contributed by atoms with Crippen molar-refractivity contribution in [3.63, 3.8) is 0 Å². The Kier molecular flexibility index (Phi) is 7.04. The highest BCUT2D eigenvalue weighted by Gasteiger charge is 2.14. The Balaban J connectivity index is 1.75. The fraction of sp³-hybridized carbons (Fsp3) is 0.389. The van der Waals surface area contributed by atoms with Gasteiger partial charge in [-0.3, -0.25) is 0 Å². The van der Waals surface area contributed by atoms with Gasteiger partial charge in [-0.2, -0.15) is 5.26 Å². The Hall–Kier alpha value is -3.31. The Bertz CT molecular complexity index is 879. The Morgan fingerprint density at radius 2 is 2.25 bits per heavy atom. The third-order valence-corrected chi connectivity index (χ3v) is 3.76. The van der Waals surface area contributed by atoms with Gasteiger partial charge in [0.2, 0.25) is 0 Å². The first kappa shape index (κ1) is 19.5. The molecular formula is C18H20N8O2. The molecule has 3 N–H and O–H groups in total. The third kappa shape index (κ3) is 5.59. The van der Waals surface area contributed by atoms with E-state index in [1.807, 2.05) is 6.07 Å². The van der Waals surface area contributed by atoms with Crippen LogP contribution in [0.1, 0.15) is 11.4 Å². The molecule has 1 atom stereocenters. The van der Waals surface area contributed by atoms with E-state index in [1.165, 1.54) is 12.4 Å². The Labute approximate surface area is 162 Å². The maximum Gasteiger partial charge on any atom is 0.159 e. The molecule has 3 heterocycles. The van der Waals surface area contributed by atoms with Crippen LogP contribution in [0.3, 0.4) is 0 Å². The third-order valence-electron chi connectivity index (χ3n) is 3.76. The molecule has 1 fully saturated rings. The molecule has 10 nitrogen and oxygen atoms in total. The molecule has 2 aromatic rings. The van der Waals surface area contributed by atoms with Crippen molar-refractivity contribution in [2.45, 2.75) is 6.10 Å². The van der Waals surface area contributed by atoms with Gasteiger partial charge in [-0.1, -0.05) is 5.92 Å². The minimum Gasteiger partial charge on any atom is -0.380 e. The molecule has 0 unspecified atom stereocenters. The van der Waals surface area contributed by atoms with Crippen LogP contribution in [-0.2, 0) is 9.47 Å². The van der Waals surface area contributed by atoms with Crippen LogP contribution in [0.5, 0.6) is 0 Å². The van der Waals surface area contributed by atoms with E-state index in [2.05, 4.69) is 48.0 Å². The molecule has 0 aliphatic carbocycles. The molecule has 0 radical (unpaired) electrons. The van der Waals surface area contributed by atoms with Crippen molar-refractivity contribution in [2.75, 3.05) is 50.6 Å². The monoisotopic (exact) mass is 380 g/mol. The SMILES string of the molecule is COCC#Cc1nnc(Nc2cnc(C#N)cn2)cc1NC[C@@H]1CNCCO1. The summed E-state index contributed by atoms with van der Waals surface area (Å²) >= 11 is 0. The zero-order chi connectivity index (χ0) is 19.6. The van der Waals surface area contributed by atoms with Gasteiger partial charge in [-0.05, 0) is 5.92 Å². The van der Waals surface area contributed by atoms with E-state index < -0.39 is 0 Å². The molecule has 0 saturated carbocycles. The van der Waals surface area contributed by atoms with Crippen molar-refractivity contribution >= 4 is 17.3 Å². The average Bonchev–Trinajstić information content (AvgIpc) is 2.75. The summed E-state index contributed by atoms with van der Waals surface area (Å²) < 4.78 is 10.7. The number of anilines is 3.